The molecule has 0 rings (SSSR count). The van der Waals surface area contributed by atoms with Crippen molar-refractivity contribution in [1.82, 2.24) is 0 Å². The SMILES string of the molecule is CCCCC(CC)OC(=O)C(CBr)CC(C)(C)C(=O)OCCOC(=O)C(C)(C)C(CBr)C(=O)OC(CC)CCCC. The lowest BCUT2D eigenvalue weighted by Gasteiger charge is -2.31. The van der Waals surface area contributed by atoms with Gasteiger partial charge in [-0.2, -0.15) is 0 Å². The van der Waals surface area contributed by atoms with Gasteiger partial charge in [-0.3, -0.25) is 19.2 Å². The highest BCUT2D eigenvalue weighted by molar-refractivity contribution is 9.09. The third-order valence-corrected chi connectivity index (χ3v) is 8.88. The average molecular weight is 715 g/mol. The minimum Gasteiger partial charge on any atom is -0.462 e. The molecule has 10 heteroatoms. The normalized spacial score (nSPS) is 14.9. The van der Waals surface area contributed by atoms with Crippen molar-refractivity contribution in [2.75, 3.05) is 23.9 Å². The summed E-state index contributed by atoms with van der Waals surface area (Å²) in [5, 5.41) is 0.615. The molecular weight excluding hydrogens is 660 g/mol. The maximum absolute atomic E-state index is 12.9. The van der Waals surface area contributed by atoms with Crippen molar-refractivity contribution in [3.63, 3.8) is 0 Å². The molecule has 240 valence electrons. The van der Waals surface area contributed by atoms with Gasteiger partial charge in [-0.25, -0.2) is 0 Å². The molecule has 4 atom stereocenters. The van der Waals surface area contributed by atoms with Crippen LogP contribution in [0.4, 0.5) is 0 Å². The Morgan fingerprint density at radius 2 is 1.15 bits per heavy atom. The number of alkyl halides is 2. The van der Waals surface area contributed by atoms with Crippen LogP contribution in [0.15, 0.2) is 0 Å². The molecule has 0 aliphatic carbocycles. The Bertz CT molecular complexity index is 799. The van der Waals surface area contributed by atoms with Gasteiger partial charge in [0.05, 0.1) is 22.7 Å². The van der Waals surface area contributed by atoms with Crippen LogP contribution in [-0.4, -0.2) is 60.0 Å². The van der Waals surface area contributed by atoms with Crippen molar-refractivity contribution in [1.29, 1.82) is 0 Å². The lowest BCUT2D eigenvalue weighted by atomic mass is 9.80. The quantitative estimate of drug-likeness (QED) is 0.0490. The van der Waals surface area contributed by atoms with Crippen molar-refractivity contribution in [3.05, 3.63) is 0 Å². The first-order valence-electron chi connectivity index (χ1n) is 15.1. The summed E-state index contributed by atoms with van der Waals surface area (Å²) in [6.45, 7) is 14.6. The largest absolute Gasteiger partial charge is 0.462 e. The van der Waals surface area contributed by atoms with Crippen LogP contribution in [0.1, 0.15) is 113 Å². The van der Waals surface area contributed by atoms with Crippen LogP contribution in [0.2, 0.25) is 0 Å². The smallest absolute Gasteiger partial charge is 0.312 e. The minimum atomic E-state index is -1.15. The summed E-state index contributed by atoms with van der Waals surface area (Å²) < 4.78 is 22.2. The van der Waals surface area contributed by atoms with Gasteiger partial charge in [0, 0.05) is 10.7 Å². The Morgan fingerprint density at radius 1 is 0.683 bits per heavy atom. The van der Waals surface area contributed by atoms with Crippen LogP contribution < -0.4 is 0 Å². The zero-order chi connectivity index (χ0) is 31.6. The lowest BCUT2D eigenvalue weighted by Crippen LogP contribution is -2.42. The number of carbonyl (C=O) groups excluding carboxylic acids is 4. The van der Waals surface area contributed by atoms with Crippen molar-refractivity contribution in [2.45, 2.75) is 125 Å². The van der Waals surface area contributed by atoms with Gasteiger partial charge in [0.1, 0.15) is 25.4 Å². The zero-order valence-electron chi connectivity index (χ0n) is 26.5. The molecule has 0 bridgehead atoms. The van der Waals surface area contributed by atoms with Gasteiger partial charge >= 0.3 is 23.9 Å². The maximum Gasteiger partial charge on any atom is 0.312 e. The van der Waals surface area contributed by atoms with Crippen LogP contribution in [0.3, 0.4) is 0 Å². The molecule has 0 heterocycles. The van der Waals surface area contributed by atoms with Crippen LogP contribution in [0.25, 0.3) is 0 Å². The summed E-state index contributed by atoms with van der Waals surface area (Å²) in [7, 11) is 0. The maximum atomic E-state index is 12.9. The third kappa shape index (κ3) is 14.2. The molecule has 0 aliphatic heterocycles. The van der Waals surface area contributed by atoms with Crippen molar-refractivity contribution in [2.24, 2.45) is 22.7 Å². The fraction of sp³-hybridized carbons (Fsp3) is 0.871. The molecule has 4 unspecified atom stereocenters. The van der Waals surface area contributed by atoms with E-state index in [4.69, 9.17) is 18.9 Å². The van der Waals surface area contributed by atoms with Gasteiger partial charge < -0.3 is 18.9 Å². The van der Waals surface area contributed by atoms with E-state index in [1.54, 1.807) is 27.7 Å². The molecule has 8 nitrogen and oxygen atoms in total. The number of rotatable bonds is 22. The van der Waals surface area contributed by atoms with Crippen molar-refractivity contribution >= 4 is 55.7 Å². The Kier molecular flexibility index (Phi) is 20.1. The highest BCUT2D eigenvalue weighted by Gasteiger charge is 2.43. The highest BCUT2D eigenvalue weighted by Crippen LogP contribution is 2.33. The Labute approximate surface area is 265 Å². The molecular formula is C31H54Br2O8. The average Bonchev–Trinajstić information content (AvgIpc) is 2.93. The molecule has 0 fully saturated rings. The molecule has 0 aromatic heterocycles. The van der Waals surface area contributed by atoms with Crippen molar-refractivity contribution in [3.8, 4) is 0 Å². The molecule has 0 radical (unpaired) electrons. The van der Waals surface area contributed by atoms with Crippen LogP contribution >= 0.6 is 31.9 Å². The molecule has 0 spiro atoms. The van der Waals surface area contributed by atoms with Gasteiger partial charge in [-0.1, -0.05) is 85.2 Å². The number of unbranched alkanes of at least 4 members (excludes halogenated alkanes) is 2. The summed E-state index contributed by atoms with van der Waals surface area (Å²) in [5.41, 5.74) is -2.10. The van der Waals surface area contributed by atoms with E-state index in [-0.39, 0.29) is 43.1 Å². The summed E-state index contributed by atoms with van der Waals surface area (Å²) in [4.78, 5) is 51.5. The van der Waals surface area contributed by atoms with Gasteiger partial charge in [0.15, 0.2) is 0 Å². The number of hydrogen-bond donors (Lipinski definition) is 0. The standard InChI is InChI=1S/C31H54Br2O8/c1-9-13-15-23(11-3)40-26(34)22(20-32)19-30(5,6)28(36)38-17-18-39-29(37)31(7,8)25(21-33)27(35)41-24(12-4)16-14-10-2/h22-25H,9-21H2,1-8H3. The molecule has 0 saturated carbocycles. The van der Waals surface area contributed by atoms with E-state index in [1.165, 1.54) is 0 Å². The fourth-order valence-electron chi connectivity index (χ4n) is 4.31. The monoisotopic (exact) mass is 712 g/mol. The summed E-state index contributed by atoms with van der Waals surface area (Å²) in [6, 6.07) is 0. The summed E-state index contributed by atoms with van der Waals surface area (Å²) >= 11 is 6.75. The second-order valence-electron chi connectivity index (χ2n) is 11.9. The van der Waals surface area contributed by atoms with Gasteiger partial charge in [-0.15, -0.1) is 0 Å². The first-order chi connectivity index (χ1) is 19.2. The van der Waals surface area contributed by atoms with Gasteiger partial charge in [0.25, 0.3) is 0 Å². The molecule has 0 N–H and O–H groups in total. The second kappa shape index (κ2) is 20.7. The first-order valence-corrected chi connectivity index (χ1v) is 17.4. The molecule has 0 aromatic carbocycles. The van der Waals surface area contributed by atoms with E-state index in [9.17, 15) is 19.2 Å². The molecule has 0 amide bonds. The molecule has 0 saturated heterocycles. The molecule has 0 aromatic rings. The van der Waals surface area contributed by atoms with E-state index in [1.807, 2.05) is 13.8 Å². The summed E-state index contributed by atoms with van der Waals surface area (Å²) in [5.74, 6) is -3.06. The predicted octanol–water partition coefficient (Wildman–Crippen LogP) is 7.56. The Balaban J connectivity index is 4.95. The van der Waals surface area contributed by atoms with E-state index in [0.717, 1.165) is 44.9 Å². The number of carbonyl (C=O) groups is 4. The van der Waals surface area contributed by atoms with Gasteiger partial charge in [0.2, 0.25) is 0 Å². The van der Waals surface area contributed by atoms with Crippen LogP contribution in [0, 0.1) is 22.7 Å². The molecule has 0 aliphatic rings. The minimum absolute atomic E-state index is 0.127. The Hall–Kier alpha value is -1.16. The van der Waals surface area contributed by atoms with E-state index in [0.29, 0.717) is 11.8 Å². The number of esters is 4. The molecule has 41 heavy (non-hydrogen) atoms. The highest BCUT2D eigenvalue weighted by atomic mass is 79.9. The predicted molar refractivity (Wildman–Crippen MR) is 168 cm³/mol. The lowest BCUT2D eigenvalue weighted by molar-refractivity contribution is -0.171. The third-order valence-electron chi connectivity index (χ3n) is 7.45. The van der Waals surface area contributed by atoms with Crippen molar-refractivity contribution < 1.29 is 38.1 Å². The number of halogens is 2. The van der Waals surface area contributed by atoms with E-state index in [2.05, 4.69) is 45.7 Å². The Morgan fingerprint density at radius 3 is 1.56 bits per heavy atom. The summed E-state index contributed by atoms with van der Waals surface area (Å²) in [6.07, 6.45) is 7.01. The van der Waals surface area contributed by atoms with Gasteiger partial charge in [-0.05, 0) is 59.8 Å². The van der Waals surface area contributed by atoms with Crippen LogP contribution in [-0.2, 0) is 38.1 Å². The van der Waals surface area contributed by atoms with E-state index < -0.39 is 40.6 Å². The van der Waals surface area contributed by atoms with Crippen LogP contribution in [0.5, 0.6) is 0 Å². The zero-order valence-corrected chi connectivity index (χ0v) is 29.7. The number of ether oxygens (including phenoxy) is 4. The second-order valence-corrected chi connectivity index (χ2v) is 13.2. The fourth-order valence-corrected chi connectivity index (χ4v) is 5.87. The topological polar surface area (TPSA) is 105 Å². The number of hydrogen-bond acceptors (Lipinski definition) is 8. The first kappa shape index (κ1) is 39.8. The van der Waals surface area contributed by atoms with E-state index >= 15 is 0 Å².